The molecular formula is C15H15Cl2FN2O. The summed E-state index contributed by atoms with van der Waals surface area (Å²) in [5, 5.41) is 0.911. The second-order valence-corrected chi connectivity index (χ2v) is 5.31. The largest absolute Gasteiger partial charge is 0.497 e. The highest BCUT2D eigenvalue weighted by Gasteiger charge is 2.17. The van der Waals surface area contributed by atoms with E-state index in [-0.39, 0.29) is 0 Å². The van der Waals surface area contributed by atoms with E-state index in [4.69, 9.17) is 33.8 Å². The fourth-order valence-corrected chi connectivity index (χ4v) is 2.50. The van der Waals surface area contributed by atoms with Crippen LogP contribution in [0.4, 0.5) is 4.39 Å². The minimum Gasteiger partial charge on any atom is -0.497 e. The lowest BCUT2D eigenvalue weighted by Crippen LogP contribution is -2.30. The number of nitrogens with one attached hydrogen (secondary N) is 1. The number of hydrazine groups is 1. The summed E-state index contributed by atoms with van der Waals surface area (Å²) < 4.78 is 19.1. The molecule has 2 aromatic carbocycles. The van der Waals surface area contributed by atoms with Crippen molar-refractivity contribution in [3.63, 3.8) is 0 Å². The van der Waals surface area contributed by atoms with Crippen molar-refractivity contribution in [2.75, 3.05) is 7.11 Å². The first kappa shape index (κ1) is 16.0. The maximum absolute atomic E-state index is 14.1. The molecule has 0 radical (unpaired) electrons. The highest BCUT2D eigenvalue weighted by molar-refractivity contribution is 6.42. The van der Waals surface area contributed by atoms with Crippen molar-refractivity contribution in [2.45, 2.75) is 12.5 Å². The van der Waals surface area contributed by atoms with E-state index in [0.29, 0.717) is 27.8 Å². The van der Waals surface area contributed by atoms with Crippen LogP contribution in [0, 0.1) is 5.82 Å². The number of halogens is 3. The molecule has 0 saturated heterocycles. The molecule has 0 aliphatic heterocycles. The van der Waals surface area contributed by atoms with Gasteiger partial charge in [-0.1, -0.05) is 41.4 Å². The van der Waals surface area contributed by atoms with Gasteiger partial charge in [-0.25, -0.2) is 4.39 Å². The molecular weight excluding hydrogens is 314 g/mol. The fourth-order valence-electron chi connectivity index (χ4n) is 2.10. The number of methoxy groups -OCH3 is 1. The highest BCUT2D eigenvalue weighted by Crippen LogP contribution is 2.30. The summed E-state index contributed by atoms with van der Waals surface area (Å²) >= 11 is 12.1. The average Bonchev–Trinajstić information content (AvgIpc) is 2.49. The summed E-state index contributed by atoms with van der Waals surface area (Å²) in [7, 11) is 1.48. The van der Waals surface area contributed by atoms with Crippen LogP contribution in [0.25, 0.3) is 0 Å². The molecule has 0 aliphatic rings. The van der Waals surface area contributed by atoms with Crippen molar-refractivity contribution in [3.05, 3.63) is 63.4 Å². The topological polar surface area (TPSA) is 47.3 Å². The van der Waals surface area contributed by atoms with Crippen molar-refractivity contribution in [2.24, 2.45) is 5.84 Å². The van der Waals surface area contributed by atoms with Gasteiger partial charge in [0.2, 0.25) is 0 Å². The van der Waals surface area contributed by atoms with E-state index in [9.17, 15) is 4.39 Å². The standard InChI is InChI=1S/C15H15Cl2FN2O/c1-21-10-5-6-11(13(18)8-10)14(20-19)7-9-3-2-4-12(16)15(9)17/h2-6,8,14,20H,7,19H2,1H3. The van der Waals surface area contributed by atoms with Gasteiger partial charge in [-0.2, -0.15) is 0 Å². The van der Waals surface area contributed by atoms with Crippen molar-refractivity contribution in [1.29, 1.82) is 0 Å². The molecule has 0 amide bonds. The lowest BCUT2D eigenvalue weighted by molar-refractivity contribution is 0.409. The van der Waals surface area contributed by atoms with Crippen LogP contribution in [0.3, 0.4) is 0 Å². The summed E-state index contributed by atoms with van der Waals surface area (Å²) in [5.41, 5.74) is 3.84. The molecule has 2 aromatic rings. The first-order chi connectivity index (χ1) is 10.1. The molecule has 0 spiro atoms. The Labute approximate surface area is 132 Å². The minimum atomic E-state index is -0.424. The Balaban J connectivity index is 2.30. The molecule has 1 unspecified atom stereocenters. The second kappa shape index (κ2) is 7.09. The lowest BCUT2D eigenvalue weighted by Gasteiger charge is -2.18. The maximum atomic E-state index is 14.1. The predicted octanol–water partition coefficient (Wildman–Crippen LogP) is 3.89. The molecule has 0 heterocycles. The normalized spacial score (nSPS) is 12.2. The highest BCUT2D eigenvalue weighted by atomic mass is 35.5. The number of ether oxygens (including phenoxy) is 1. The number of hydrogen-bond donors (Lipinski definition) is 2. The molecule has 0 bridgehead atoms. The van der Waals surface area contributed by atoms with Gasteiger partial charge in [0.15, 0.2) is 0 Å². The fraction of sp³-hybridized carbons (Fsp3) is 0.200. The number of nitrogens with two attached hydrogens (primary N) is 1. The van der Waals surface area contributed by atoms with Crippen LogP contribution in [0.5, 0.6) is 5.75 Å². The third-order valence-electron chi connectivity index (χ3n) is 3.24. The van der Waals surface area contributed by atoms with E-state index in [1.165, 1.54) is 13.2 Å². The maximum Gasteiger partial charge on any atom is 0.131 e. The van der Waals surface area contributed by atoms with E-state index < -0.39 is 11.9 Å². The average molecular weight is 329 g/mol. The van der Waals surface area contributed by atoms with Crippen LogP contribution in [-0.2, 0) is 6.42 Å². The Morgan fingerprint density at radius 2 is 2.05 bits per heavy atom. The number of benzene rings is 2. The molecule has 0 fully saturated rings. The van der Waals surface area contributed by atoms with Crippen LogP contribution >= 0.6 is 23.2 Å². The zero-order valence-corrected chi connectivity index (χ0v) is 12.9. The van der Waals surface area contributed by atoms with E-state index in [2.05, 4.69) is 5.43 Å². The van der Waals surface area contributed by atoms with E-state index in [0.717, 1.165) is 5.56 Å². The molecule has 0 aliphatic carbocycles. The van der Waals surface area contributed by atoms with E-state index in [1.54, 1.807) is 24.3 Å². The molecule has 0 aromatic heterocycles. The number of rotatable bonds is 5. The van der Waals surface area contributed by atoms with E-state index >= 15 is 0 Å². The van der Waals surface area contributed by atoms with E-state index in [1.807, 2.05) is 6.07 Å². The van der Waals surface area contributed by atoms with Crippen molar-refractivity contribution >= 4 is 23.2 Å². The summed E-state index contributed by atoms with van der Waals surface area (Å²) in [4.78, 5) is 0. The van der Waals surface area contributed by atoms with Crippen molar-refractivity contribution in [1.82, 2.24) is 5.43 Å². The molecule has 112 valence electrons. The lowest BCUT2D eigenvalue weighted by atomic mass is 9.98. The van der Waals surface area contributed by atoms with Crippen LogP contribution in [-0.4, -0.2) is 7.11 Å². The monoisotopic (exact) mass is 328 g/mol. The first-order valence-electron chi connectivity index (χ1n) is 6.29. The van der Waals surface area contributed by atoms with Gasteiger partial charge < -0.3 is 4.74 Å². The van der Waals surface area contributed by atoms with Gasteiger partial charge in [0, 0.05) is 11.6 Å². The minimum absolute atomic E-state index is 0.393. The molecule has 1 atom stereocenters. The Bertz CT molecular complexity index is 637. The molecule has 3 nitrogen and oxygen atoms in total. The Kier molecular flexibility index (Phi) is 5.42. The summed E-state index contributed by atoms with van der Waals surface area (Å²) in [6.07, 6.45) is 0.416. The summed E-state index contributed by atoms with van der Waals surface area (Å²) in [6.45, 7) is 0. The second-order valence-electron chi connectivity index (χ2n) is 4.52. The van der Waals surface area contributed by atoms with Crippen molar-refractivity contribution < 1.29 is 9.13 Å². The molecule has 3 N–H and O–H groups in total. The van der Waals surface area contributed by atoms with Gasteiger partial charge in [0.1, 0.15) is 11.6 Å². The smallest absolute Gasteiger partial charge is 0.131 e. The zero-order valence-electron chi connectivity index (χ0n) is 11.4. The third kappa shape index (κ3) is 3.66. The summed E-state index contributed by atoms with van der Waals surface area (Å²) in [5.74, 6) is 5.61. The van der Waals surface area contributed by atoms with Gasteiger partial charge in [-0.3, -0.25) is 11.3 Å². The van der Waals surface area contributed by atoms with Crippen LogP contribution < -0.4 is 16.0 Å². The Morgan fingerprint density at radius 1 is 1.29 bits per heavy atom. The Hall–Kier alpha value is -1.33. The van der Waals surface area contributed by atoms with Crippen molar-refractivity contribution in [3.8, 4) is 5.75 Å². The van der Waals surface area contributed by atoms with Gasteiger partial charge in [0.25, 0.3) is 0 Å². The zero-order chi connectivity index (χ0) is 15.4. The predicted molar refractivity (Wildman–Crippen MR) is 83.2 cm³/mol. The third-order valence-corrected chi connectivity index (χ3v) is 4.10. The molecule has 2 rings (SSSR count). The molecule has 6 heteroatoms. The van der Waals surface area contributed by atoms with Crippen LogP contribution in [0.15, 0.2) is 36.4 Å². The first-order valence-corrected chi connectivity index (χ1v) is 7.05. The van der Waals surface area contributed by atoms with Gasteiger partial charge in [-0.15, -0.1) is 0 Å². The Morgan fingerprint density at radius 3 is 2.67 bits per heavy atom. The molecule has 21 heavy (non-hydrogen) atoms. The molecule has 0 saturated carbocycles. The van der Waals surface area contributed by atoms with Gasteiger partial charge >= 0.3 is 0 Å². The summed E-state index contributed by atoms with van der Waals surface area (Å²) in [6, 6.07) is 9.54. The SMILES string of the molecule is COc1ccc(C(Cc2cccc(Cl)c2Cl)NN)c(F)c1. The number of hydrogen-bond acceptors (Lipinski definition) is 3. The van der Waals surface area contributed by atoms with Gasteiger partial charge in [0.05, 0.1) is 23.2 Å². The van der Waals surface area contributed by atoms with Gasteiger partial charge in [-0.05, 0) is 24.1 Å². The van der Waals surface area contributed by atoms with Crippen LogP contribution in [0.2, 0.25) is 10.0 Å². The van der Waals surface area contributed by atoms with Crippen LogP contribution in [0.1, 0.15) is 17.2 Å². The quantitative estimate of drug-likeness (QED) is 0.646.